The van der Waals surface area contributed by atoms with E-state index in [1.54, 1.807) is 6.07 Å². The Hall–Kier alpha value is -1.91. The lowest BCUT2D eigenvalue weighted by Gasteiger charge is -1.93. The van der Waals surface area contributed by atoms with Crippen LogP contribution in [0.15, 0.2) is 28.4 Å². The molecule has 1 heterocycles. The molecule has 1 aromatic carbocycles. The fraction of sp³-hybridized carbons (Fsp3) is 0.385. The van der Waals surface area contributed by atoms with Crippen molar-refractivity contribution in [1.82, 2.24) is 4.98 Å². The van der Waals surface area contributed by atoms with E-state index in [2.05, 4.69) is 22.1 Å². The highest BCUT2D eigenvalue weighted by atomic mass is 19.1. The van der Waals surface area contributed by atoms with Gasteiger partial charge in [0, 0.05) is 5.39 Å². The van der Waals surface area contributed by atoms with Gasteiger partial charge in [-0.15, -0.1) is 5.11 Å². The topological polar surface area (TPSA) is 60.7 Å². The van der Waals surface area contributed by atoms with Crippen LogP contribution in [-0.2, 0) is 0 Å². The van der Waals surface area contributed by atoms with Crippen LogP contribution in [0.5, 0.6) is 5.88 Å². The van der Waals surface area contributed by atoms with Crippen LogP contribution in [0.25, 0.3) is 10.9 Å². The lowest BCUT2D eigenvalue weighted by Crippen LogP contribution is -1.78. The van der Waals surface area contributed by atoms with Gasteiger partial charge >= 0.3 is 0 Å². The standard InChI is InChI=1S/C13H16FN3O/c1-2-3-4-7-15-17-12-10-8-9(14)5-6-11(10)16-13(12)18/h5-6,8,16,18H,2-4,7H2,1H3. The summed E-state index contributed by atoms with van der Waals surface area (Å²) in [5, 5.41) is 18.2. The van der Waals surface area contributed by atoms with E-state index >= 15 is 0 Å². The molecule has 4 nitrogen and oxygen atoms in total. The van der Waals surface area contributed by atoms with Crippen molar-refractivity contribution in [3.8, 4) is 5.88 Å². The minimum Gasteiger partial charge on any atom is -0.493 e. The summed E-state index contributed by atoms with van der Waals surface area (Å²) in [6.07, 6.45) is 3.20. The fourth-order valence-corrected chi connectivity index (χ4v) is 1.79. The first kappa shape index (κ1) is 12.5. The van der Waals surface area contributed by atoms with Crippen LogP contribution in [0.3, 0.4) is 0 Å². The lowest BCUT2D eigenvalue weighted by atomic mass is 10.2. The van der Waals surface area contributed by atoms with Crippen molar-refractivity contribution >= 4 is 16.6 Å². The third kappa shape index (κ3) is 2.67. The molecule has 0 aliphatic carbocycles. The van der Waals surface area contributed by atoms with E-state index in [4.69, 9.17) is 0 Å². The first-order valence-electron chi connectivity index (χ1n) is 6.10. The maximum absolute atomic E-state index is 13.1. The van der Waals surface area contributed by atoms with Crippen molar-refractivity contribution in [2.24, 2.45) is 10.2 Å². The largest absolute Gasteiger partial charge is 0.493 e. The van der Waals surface area contributed by atoms with Gasteiger partial charge < -0.3 is 10.1 Å². The molecule has 0 atom stereocenters. The summed E-state index contributed by atoms with van der Waals surface area (Å²) in [7, 11) is 0. The van der Waals surface area contributed by atoms with Gasteiger partial charge in [-0.25, -0.2) is 4.39 Å². The molecular formula is C13H16FN3O. The zero-order valence-electron chi connectivity index (χ0n) is 10.3. The molecule has 0 aliphatic heterocycles. The van der Waals surface area contributed by atoms with E-state index in [-0.39, 0.29) is 11.7 Å². The number of halogens is 1. The van der Waals surface area contributed by atoms with E-state index in [1.807, 2.05) is 0 Å². The first-order chi connectivity index (χ1) is 8.72. The molecule has 18 heavy (non-hydrogen) atoms. The van der Waals surface area contributed by atoms with Crippen molar-refractivity contribution in [1.29, 1.82) is 0 Å². The van der Waals surface area contributed by atoms with E-state index in [1.165, 1.54) is 12.1 Å². The van der Waals surface area contributed by atoms with E-state index < -0.39 is 0 Å². The number of aromatic amines is 1. The number of rotatable bonds is 5. The Bertz CT molecular complexity index is 563. The number of nitrogens with one attached hydrogen (secondary N) is 1. The Labute approximate surface area is 105 Å². The monoisotopic (exact) mass is 249 g/mol. The third-order valence-corrected chi connectivity index (χ3v) is 2.75. The van der Waals surface area contributed by atoms with Crippen LogP contribution >= 0.6 is 0 Å². The SMILES string of the molecule is CCCCCN=Nc1c(O)[nH]c2ccc(F)cc12. The number of unbranched alkanes of at least 4 members (excludes halogenated alkanes) is 2. The van der Waals surface area contributed by atoms with Gasteiger partial charge in [-0.1, -0.05) is 19.8 Å². The summed E-state index contributed by atoms with van der Waals surface area (Å²) < 4.78 is 13.1. The number of hydrogen-bond acceptors (Lipinski definition) is 3. The Balaban J connectivity index is 2.21. The minimum atomic E-state index is -0.357. The molecule has 0 amide bonds. The van der Waals surface area contributed by atoms with Crippen molar-refractivity contribution in [3.63, 3.8) is 0 Å². The number of H-pyrrole nitrogens is 1. The van der Waals surface area contributed by atoms with Crippen LogP contribution in [-0.4, -0.2) is 16.6 Å². The number of fused-ring (bicyclic) bond motifs is 1. The number of hydrogen-bond donors (Lipinski definition) is 2. The van der Waals surface area contributed by atoms with Crippen molar-refractivity contribution in [3.05, 3.63) is 24.0 Å². The summed E-state index contributed by atoms with van der Waals surface area (Å²) in [5.41, 5.74) is 0.956. The zero-order valence-corrected chi connectivity index (χ0v) is 10.3. The second-order valence-corrected chi connectivity index (χ2v) is 4.18. The molecule has 0 radical (unpaired) electrons. The summed E-state index contributed by atoms with van der Waals surface area (Å²) in [4.78, 5) is 2.74. The Morgan fingerprint density at radius 3 is 2.94 bits per heavy atom. The molecule has 1 aromatic heterocycles. The second kappa shape index (κ2) is 5.62. The Kier molecular flexibility index (Phi) is 3.92. The third-order valence-electron chi connectivity index (χ3n) is 2.75. The van der Waals surface area contributed by atoms with Crippen LogP contribution in [0.1, 0.15) is 26.2 Å². The average molecular weight is 249 g/mol. The van der Waals surface area contributed by atoms with Gasteiger partial charge in [0.1, 0.15) is 5.82 Å². The zero-order chi connectivity index (χ0) is 13.0. The summed E-state index contributed by atoms with van der Waals surface area (Å²) in [6, 6.07) is 4.24. The highest BCUT2D eigenvalue weighted by molar-refractivity contribution is 5.94. The van der Waals surface area contributed by atoms with Gasteiger partial charge in [0.15, 0.2) is 5.69 Å². The molecule has 0 saturated carbocycles. The highest BCUT2D eigenvalue weighted by Crippen LogP contribution is 2.35. The van der Waals surface area contributed by atoms with Gasteiger partial charge in [0.2, 0.25) is 5.88 Å². The van der Waals surface area contributed by atoms with Crippen molar-refractivity contribution < 1.29 is 9.50 Å². The lowest BCUT2D eigenvalue weighted by molar-refractivity contribution is 0.459. The number of aromatic hydroxyl groups is 1. The minimum absolute atomic E-state index is 0.0742. The van der Waals surface area contributed by atoms with Gasteiger partial charge in [0.05, 0.1) is 12.1 Å². The molecule has 0 saturated heterocycles. The Morgan fingerprint density at radius 1 is 1.33 bits per heavy atom. The molecular weight excluding hydrogens is 233 g/mol. The van der Waals surface area contributed by atoms with Crippen molar-refractivity contribution in [2.45, 2.75) is 26.2 Å². The van der Waals surface area contributed by atoms with Crippen LogP contribution in [0.2, 0.25) is 0 Å². The summed E-state index contributed by atoms with van der Waals surface area (Å²) >= 11 is 0. The summed E-state index contributed by atoms with van der Waals surface area (Å²) in [5.74, 6) is -0.432. The van der Waals surface area contributed by atoms with Gasteiger partial charge in [0.25, 0.3) is 0 Å². The molecule has 2 N–H and O–H groups in total. The summed E-state index contributed by atoms with van der Waals surface area (Å²) in [6.45, 7) is 2.74. The van der Waals surface area contributed by atoms with Crippen LogP contribution < -0.4 is 0 Å². The quantitative estimate of drug-likeness (QED) is 0.602. The smallest absolute Gasteiger partial charge is 0.218 e. The second-order valence-electron chi connectivity index (χ2n) is 4.18. The van der Waals surface area contributed by atoms with Crippen LogP contribution in [0.4, 0.5) is 10.1 Å². The molecule has 0 spiro atoms. The number of aromatic nitrogens is 1. The predicted octanol–water partition coefficient (Wildman–Crippen LogP) is 4.29. The van der Waals surface area contributed by atoms with E-state index in [9.17, 15) is 9.50 Å². The maximum atomic E-state index is 13.1. The fourth-order valence-electron chi connectivity index (χ4n) is 1.79. The van der Waals surface area contributed by atoms with E-state index in [0.29, 0.717) is 23.1 Å². The van der Waals surface area contributed by atoms with Gasteiger partial charge in [-0.05, 0) is 24.6 Å². The molecule has 0 fully saturated rings. The molecule has 5 heteroatoms. The Morgan fingerprint density at radius 2 is 2.17 bits per heavy atom. The first-order valence-corrected chi connectivity index (χ1v) is 6.10. The van der Waals surface area contributed by atoms with Crippen LogP contribution in [0, 0.1) is 5.82 Å². The predicted molar refractivity (Wildman–Crippen MR) is 68.8 cm³/mol. The normalized spacial score (nSPS) is 11.7. The molecule has 2 rings (SSSR count). The molecule has 96 valence electrons. The molecule has 0 bridgehead atoms. The molecule has 0 unspecified atom stereocenters. The van der Waals surface area contributed by atoms with E-state index in [0.717, 1.165) is 19.3 Å². The average Bonchev–Trinajstić information content (AvgIpc) is 2.65. The number of azo groups is 1. The molecule has 2 aromatic rings. The number of benzene rings is 1. The molecule has 0 aliphatic rings. The number of nitrogens with zero attached hydrogens (tertiary/aromatic N) is 2. The van der Waals surface area contributed by atoms with Gasteiger partial charge in [-0.3, -0.25) is 0 Å². The maximum Gasteiger partial charge on any atom is 0.218 e. The highest BCUT2D eigenvalue weighted by Gasteiger charge is 2.10. The van der Waals surface area contributed by atoms with Gasteiger partial charge in [-0.2, -0.15) is 5.11 Å². The van der Waals surface area contributed by atoms with Crippen molar-refractivity contribution in [2.75, 3.05) is 6.54 Å².